The van der Waals surface area contributed by atoms with Gasteiger partial charge in [-0.15, -0.1) is 0 Å². The van der Waals surface area contributed by atoms with E-state index in [1.54, 1.807) is 0 Å². The highest BCUT2D eigenvalue weighted by molar-refractivity contribution is 6.00. The minimum atomic E-state index is -0.443. The van der Waals surface area contributed by atoms with Gasteiger partial charge in [0.1, 0.15) is 0 Å². The van der Waals surface area contributed by atoms with Crippen molar-refractivity contribution in [2.75, 3.05) is 4.90 Å². The van der Waals surface area contributed by atoms with E-state index >= 15 is 0 Å². The van der Waals surface area contributed by atoms with E-state index in [0.29, 0.717) is 0 Å². The molecular weight excluding hydrogens is 699 g/mol. The topological polar surface area (TPSA) is 3.24 Å². The fourth-order valence-electron chi connectivity index (χ4n) is 10.5. The summed E-state index contributed by atoms with van der Waals surface area (Å²) in [5.74, 6) is 0. The molecule has 3 aliphatic carbocycles. The van der Waals surface area contributed by atoms with Crippen molar-refractivity contribution in [3.05, 3.63) is 221 Å². The van der Waals surface area contributed by atoms with Gasteiger partial charge in [0.2, 0.25) is 0 Å². The fraction of sp³-hybridized carbons (Fsp3) is 0.158. The molecule has 0 amide bonds. The van der Waals surface area contributed by atoms with E-state index in [1.807, 2.05) is 0 Å². The maximum Gasteiger partial charge on any atom is 0.0726 e. The molecule has 1 spiro atoms. The zero-order valence-corrected chi connectivity index (χ0v) is 33.6. The first-order chi connectivity index (χ1) is 28.4. The number of anilines is 3. The van der Waals surface area contributed by atoms with Gasteiger partial charge in [0.25, 0.3) is 0 Å². The highest BCUT2D eigenvalue weighted by Crippen LogP contribution is 2.64. The van der Waals surface area contributed by atoms with Crippen LogP contribution in [-0.4, -0.2) is 0 Å². The molecule has 0 radical (unpaired) electrons. The Hall–Kier alpha value is -6.44. The lowest BCUT2D eigenvalue weighted by Gasteiger charge is -2.33. The van der Waals surface area contributed by atoms with E-state index < -0.39 is 5.41 Å². The summed E-state index contributed by atoms with van der Waals surface area (Å²) >= 11 is 0. The van der Waals surface area contributed by atoms with Crippen molar-refractivity contribution in [3.8, 4) is 44.5 Å². The van der Waals surface area contributed by atoms with Crippen molar-refractivity contribution in [3.63, 3.8) is 0 Å². The molecule has 0 saturated carbocycles. The van der Waals surface area contributed by atoms with Crippen LogP contribution in [0.2, 0.25) is 0 Å². The lowest BCUT2D eigenvalue weighted by molar-refractivity contribution is 0.590. The van der Waals surface area contributed by atoms with Crippen LogP contribution in [0.5, 0.6) is 0 Å². The molecule has 58 heavy (non-hydrogen) atoms. The predicted molar refractivity (Wildman–Crippen MR) is 244 cm³/mol. The molecule has 0 fully saturated rings. The van der Waals surface area contributed by atoms with Gasteiger partial charge in [0.05, 0.1) is 11.1 Å². The highest BCUT2D eigenvalue weighted by Gasteiger charge is 2.52. The van der Waals surface area contributed by atoms with Crippen LogP contribution in [0.3, 0.4) is 0 Å². The quantitative estimate of drug-likeness (QED) is 0.170. The minimum absolute atomic E-state index is 0.0516. The largest absolute Gasteiger partial charge is 0.310 e. The van der Waals surface area contributed by atoms with Crippen LogP contribution in [0, 0.1) is 0 Å². The van der Waals surface area contributed by atoms with Crippen molar-refractivity contribution < 1.29 is 0 Å². The number of fused-ring (bicyclic) bond motifs is 11. The van der Waals surface area contributed by atoms with Crippen LogP contribution >= 0.6 is 0 Å². The van der Waals surface area contributed by atoms with Gasteiger partial charge in [-0.05, 0) is 145 Å². The van der Waals surface area contributed by atoms with Gasteiger partial charge >= 0.3 is 0 Å². The molecule has 0 heterocycles. The Kier molecular flexibility index (Phi) is 7.99. The smallest absolute Gasteiger partial charge is 0.0726 e. The third-order valence-electron chi connectivity index (χ3n) is 13.3. The summed E-state index contributed by atoms with van der Waals surface area (Å²) in [6.45, 7) is 6.87. The van der Waals surface area contributed by atoms with Gasteiger partial charge in [0.15, 0.2) is 0 Å². The van der Waals surface area contributed by atoms with Crippen LogP contribution in [0.25, 0.3) is 44.5 Å². The van der Waals surface area contributed by atoms with Crippen molar-refractivity contribution in [1.82, 2.24) is 0 Å². The molecule has 0 unspecified atom stereocenters. The van der Waals surface area contributed by atoms with E-state index in [-0.39, 0.29) is 5.41 Å². The molecule has 0 aromatic heterocycles. The summed E-state index contributed by atoms with van der Waals surface area (Å²) in [6, 6.07) is 69.0. The molecule has 280 valence electrons. The first-order valence-electron chi connectivity index (χ1n) is 21.1. The van der Waals surface area contributed by atoms with Crippen molar-refractivity contribution in [2.45, 2.75) is 57.3 Å². The fourth-order valence-corrected chi connectivity index (χ4v) is 10.5. The number of para-hydroxylation sites is 1. The number of hydrogen-bond donors (Lipinski definition) is 0. The van der Waals surface area contributed by atoms with Gasteiger partial charge in [-0.1, -0.05) is 166 Å². The lowest BCUT2D eigenvalue weighted by Crippen LogP contribution is -2.26. The lowest BCUT2D eigenvalue weighted by atomic mass is 9.70. The summed E-state index contributed by atoms with van der Waals surface area (Å²) in [4.78, 5) is 2.49. The first kappa shape index (κ1) is 34.8. The number of aryl methyl sites for hydroxylation is 1. The van der Waals surface area contributed by atoms with Crippen molar-refractivity contribution >= 4 is 17.1 Å². The first-order valence-corrected chi connectivity index (χ1v) is 21.1. The second-order valence-electron chi connectivity index (χ2n) is 17.5. The monoisotopic (exact) mass is 745 g/mol. The summed E-state index contributed by atoms with van der Waals surface area (Å²) in [5.41, 5.74) is 23.2. The van der Waals surface area contributed by atoms with Crippen LogP contribution < -0.4 is 4.90 Å². The Morgan fingerprint density at radius 1 is 0.414 bits per heavy atom. The standard InChI is InChI=1S/C57H47N/c1-56(2,3)41-32-34-43(35-33-41)58(42-18-5-4-6-19-42)55-37-54-50(36-49(55)40-30-28-39(29-31-40)45-24-15-17-38-16-7-8-20-44(38)45)48-23-11-14-27-53(48)57(54)51-25-12-9-21-46(51)47-22-10-13-26-52(47)57/h4-6,9-15,17-19,21-37H,7-8,16,20H2,1-3H3. The average Bonchev–Trinajstić information content (AvgIpc) is 3.73. The molecule has 1 heteroatoms. The van der Waals surface area contributed by atoms with Gasteiger partial charge in [0, 0.05) is 16.9 Å². The van der Waals surface area contributed by atoms with E-state index in [2.05, 4.69) is 208 Å². The number of rotatable bonds is 5. The summed E-state index contributed by atoms with van der Waals surface area (Å²) in [6.07, 6.45) is 4.90. The van der Waals surface area contributed by atoms with E-state index in [0.717, 1.165) is 17.8 Å². The molecule has 8 aromatic rings. The van der Waals surface area contributed by atoms with Crippen LogP contribution in [0.1, 0.15) is 72.6 Å². The molecule has 3 aliphatic rings. The van der Waals surface area contributed by atoms with E-state index in [1.165, 1.54) is 108 Å². The molecule has 0 atom stereocenters. The van der Waals surface area contributed by atoms with Crippen molar-refractivity contribution in [1.29, 1.82) is 0 Å². The summed E-state index contributed by atoms with van der Waals surface area (Å²) in [5, 5.41) is 0. The molecule has 1 nitrogen and oxygen atoms in total. The third kappa shape index (κ3) is 5.22. The molecule has 0 bridgehead atoms. The van der Waals surface area contributed by atoms with Crippen molar-refractivity contribution in [2.24, 2.45) is 0 Å². The molecular formula is C57H47N. The number of hydrogen-bond acceptors (Lipinski definition) is 1. The van der Waals surface area contributed by atoms with E-state index in [4.69, 9.17) is 0 Å². The molecule has 0 saturated heterocycles. The molecule has 11 rings (SSSR count). The SMILES string of the molecule is CC(C)(C)c1ccc(N(c2ccccc2)c2cc3c(cc2-c2ccc(-c4cccc5c4CCCC5)cc2)-c2ccccc2C32c3ccccc3-c3ccccc32)cc1. The average molecular weight is 746 g/mol. The zero-order chi connectivity index (χ0) is 39.0. The maximum atomic E-state index is 2.55. The molecule has 0 N–H and O–H groups in total. The van der Waals surface area contributed by atoms with Crippen LogP contribution in [0.4, 0.5) is 17.1 Å². The summed E-state index contributed by atoms with van der Waals surface area (Å²) in [7, 11) is 0. The normalized spacial score (nSPS) is 14.3. The second-order valence-corrected chi connectivity index (χ2v) is 17.5. The van der Waals surface area contributed by atoms with Gasteiger partial charge in [-0.2, -0.15) is 0 Å². The van der Waals surface area contributed by atoms with Gasteiger partial charge in [-0.3, -0.25) is 0 Å². The van der Waals surface area contributed by atoms with E-state index in [9.17, 15) is 0 Å². The maximum absolute atomic E-state index is 2.55. The molecule has 8 aromatic carbocycles. The summed E-state index contributed by atoms with van der Waals surface area (Å²) < 4.78 is 0. The third-order valence-corrected chi connectivity index (χ3v) is 13.3. The molecule has 0 aliphatic heterocycles. The zero-order valence-electron chi connectivity index (χ0n) is 33.6. The predicted octanol–water partition coefficient (Wildman–Crippen LogP) is 15.0. The Morgan fingerprint density at radius 2 is 0.931 bits per heavy atom. The van der Waals surface area contributed by atoms with Crippen LogP contribution in [0.15, 0.2) is 182 Å². The Labute approximate surface area is 343 Å². The Bertz CT molecular complexity index is 2810. The number of benzene rings is 8. The second kappa shape index (κ2) is 13.3. The minimum Gasteiger partial charge on any atom is -0.310 e. The van der Waals surface area contributed by atoms with Crippen LogP contribution in [-0.2, 0) is 23.7 Å². The Morgan fingerprint density at radius 3 is 1.55 bits per heavy atom. The van der Waals surface area contributed by atoms with Gasteiger partial charge in [-0.25, -0.2) is 0 Å². The number of nitrogens with zero attached hydrogens (tertiary/aromatic N) is 1. The van der Waals surface area contributed by atoms with Gasteiger partial charge < -0.3 is 4.90 Å². The Balaban J connectivity index is 1.19. The highest BCUT2D eigenvalue weighted by atomic mass is 15.1.